The maximum Gasteiger partial charge on any atom is 0.233 e. The van der Waals surface area contributed by atoms with Crippen molar-refractivity contribution in [2.45, 2.75) is 37.6 Å². The zero-order valence-electron chi connectivity index (χ0n) is 14.8. The molecule has 26 heavy (non-hydrogen) atoms. The van der Waals surface area contributed by atoms with Crippen LogP contribution in [0.4, 0.5) is 0 Å². The molecule has 4 rings (SSSR count). The summed E-state index contributed by atoms with van der Waals surface area (Å²) >= 11 is 5.16. The second-order valence-electron chi connectivity index (χ2n) is 7.04. The lowest BCUT2D eigenvalue weighted by Crippen LogP contribution is -2.43. The molecule has 1 aliphatic heterocycles. The van der Waals surface area contributed by atoms with Crippen LogP contribution in [0.5, 0.6) is 11.5 Å². The first kappa shape index (κ1) is 17.9. The third-order valence-electron chi connectivity index (χ3n) is 5.32. The minimum atomic E-state index is -0.445. The molecule has 1 aromatic heterocycles. The molecule has 138 valence electrons. The highest BCUT2D eigenvalue weighted by atomic mass is 79.9. The van der Waals surface area contributed by atoms with Gasteiger partial charge in [-0.3, -0.25) is 4.79 Å². The Bertz CT molecular complexity index is 813. The molecular weight excluding hydrogens is 414 g/mol. The van der Waals surface area contributed by atoms with Crippen molar-refractivity contribution in [2.75, 3.05) is 20.3 Å². The predicted octanol–water partition coefficient (Wildman–Crippen LogP) is 4.75. The fraction of sp³-hybridized carbons (Fsp3) is 0.450. The molecule has 4 nitrogen and oxygen atoms in total. The second kappa shape index (κ2) is 7.24. The van der Waals surface area contributed by atoms with Gasteiger partial charge in [0.1, 0.15) is 13.2 Å². The zero-order valence-corrected chi connectivity index (χ0v) is 17.2. The van der Waals surface area contributed by atoms with Crippen molar-refractivity contribution < 1.29 is 14.3 Å². The number of hydrogen-bond acceptors (Lipinski definition) is 4. The molecular formula is C20H22BrNO3S. The molecule has 0 saturated heterocycles. The Labute approximate surface area is 166 Å². The number of rotatable bonds is 4. The van der Waals surface area contributed by atoms with Gasteiger partial charge in [-0.2, -0.15) is 0 Å². The summed E-state index contributed by atoms with van der Waals surface area (Å²) in [6, 6.07) is 8.10. The monoisotopic (exact) mass is 435 g/mol. The largest absolute Gasteiger partial charge is 0.486 e. The van der Waals surface area contributed by atoms with E-state index in [-0.39, 0.29) is 5.91 Å². The van der Waals surface area contributed by atoms with Crippen molar-refractivity contribution in [1.82, 2.24) is 4.90 Å². The molecule has 0 atom stereocenters. The maximum atomic E-state index is 13.5. The fourth-order valence-electron chi connectivity index (χ4n) is 4.05. The summed E-state index contributed by atoms with van der Waals surface area (Å²) in [6.07, 6.45) is 3.95. The van der Waals surface area contributed by atoms with Gasteiger partial charge in [0.15, 0.2) is 11.5 Å². The molecule has 1 aromatic carbocycles. The molecule has 2 aliphatic rings. The van der Waals surface area contributed by atoms with Crippen LogP contribution in [-0.2, 0) is 16.8 Å². The van der Waals surface area contributed by atoms with Crippen molar-refractivity contribution in [1.29, 1.82) is 0 Å². The van der Waals surface area contributed by atoms with Gasteiger partial charge < -0.3 is 14.4 Å². The number of amides is 1. The maximum absolute atomic E-state index is 13.5. The second-order valence-corrected chi connectivity index (χ2v) is 8.95. The van der Waals surface area contributed by atoms with Gasteiger partial charge in [0.25, 0.3) is 0 Å². The minimum Gasteiger partial charge on any atom is -0.486 e. The highest BCUT2D eigenvalue weighted by Gasteiger charge is 2.44. The normalized spacial score (nSPS) is 17.9. The van der Waals surface area contributed by atoms with Gasteiger partial charge in [-0.1, -0.05) is 18.9 Å². The SMILES string of the molecule is CN(Cc1cc(Br)cs1)C(=O)C1(c2ccc3c(c2)OCCO3)CCCC1. The molecule has 1 amide bonds. The van der Waals surface area contributed by atoms with Crippen LogP contribution in [0, 0.1) is 0 Å². The van der Waals surface area contributed by atoms with E-state index in [1.54, 1.807) is 11.3 Å². The van der Waals surface area contributed by atoms with Crippen molar-refractivity contribution in [3.05, 3.63) is 44.6 Å². The third kappa shape index (κ3) is 3.25. The molecule has 1 fully saturated rings. The van der Waals surface area contributed by atoms with Gasteiger partial charge in [-0.15, -0.1) is 11.3 Å². The minimum absolute atomic E-state index is 0.205. The summed E-state index contributed by atoms with van der Waals surface area (Å²) in [5.41, 5.74) is 0.613. The van der Waals surface area contributed by atoms with Gasteiger partial charge in [0.05, 0.1) is 12.0 Å². The lowest BCUT2D eigenvalue weighted by molar-refractivity contribution is -0.136. The summed E-state index contributed by atoms with van der Waals surface area (Å²) in [5, 5.41) is 2.06. The number of fused-ring (bicyclic) bond motifs is 1. The molecule has 0 unspecified atom stereocenters. The quantitative estimate of drug-likeness (QED) is 0.694. The Morgan fingerprint density at radius 1 is 1.19 bits per heavy atom. The van der Waals surface area contributed by atoms with Crippen molar-refractivity contribution in [3.8, 4) is 11.5 Å². The number of thiophene rings is 1. The van der Waals surface area contributed by atoms with E-state index in [0.29, 0.717) is 19.8 Å². The molecule has 2 aromatic rings. The first-order chi connectivity index (χ1) is 12.6. The molecule has 2 heterocycles. The lowest BCUT2D eigenvalue weighted by Gasteiger charge is -2.33. The average Bonchev–Trinajstić information content (AvgIpc) is 3.30. The van der Waals surface area contributed by atoms with Crippen LogP contribution < -0.4 is 9.47 Å². The van der Waals surface area contributed by atoms with Gasteiger partial charge >= 0.3 is 0 Å². The lowest BCUT2D eigenvalue weighted by atomic mass is 9.77. The first-order valence-corrected chi connectivity index (χ1v) is 10.6. The number of nitrogens with zero attached hydrogens (tertiary/aromatic N) is 1. The predicted molar refractivity (Wildman–Crippen MR) is 106 cm³/mol. The van der Waals surface area contributed by atoms with Crippen molar-refractivity contribution >= 4 is 33.2 Å². The first-order valence-electron chi connectivity index (χ1n) is 8.97. The number of carbonyl (C=O) groups is 1. The fourth-order valence-corrected chi connectivity index (χ4v) is 5.56. The molecule has 0 radical (unpaired) electrons. The van der Waals surface area contributed by atoms with Crippen LogP contribution in [0.1, 0.15) is 36.1 Å². The van der Waals surface area contributed by atoms with E-state index in [0.717, 1.165) is 47.2 Å². The highest BCUT2D eigenvalue weighted by molar-refractivity contribution is 9.10. The molecule has 0 N–H and O–H groups in total. The number of halogens is 1. The van der Waals surface area contributed by atoms with E-state index >= 15 is 0 Å². The van der Waals surface area contributed by atoms with E-state index in [1.165, 1.54) is 4.88 Å². The van der Waals surface area contributed by atoms with Gasteiger partial charge in [-0.05, 0) is 52.5 Å². The zero-order chi connectivity index (χ0) is 18.1. The van der Waals surface area contributed by atoms with E-state index in [4.69, 9.17) is 9.47 Å². The Morgan fingerprint density at radius 2 is 1.92 bits per heavy atom. The summed E-state index contributed by atoms with van der Waals surface area (Å²) in [5.74, 6) is 1.74. The van der Waals surface area contributed by atoms with Crippen LogP contribution in [0.25, 0.3) is 0 Å². The number of hydrogen-bond donors (Lipinski definition) is 0. The van der Waals surface area contributed by atoms with E-state index < -0.39 is 5.41 Å². The van der Waals surface area contributed by atoms with Crippen LogP contribution in [0.2, 0.25) is 0 Å². The van der Waals surface area contributed by atoms with Gasteiger partial charge in [0, 0.05) is 21.8 Å². The Balaban J connectivity index is 1.62. The molecule has 1 saturated carbocycles. The Morgan fingerprint density at radius 3 is 2.62 bits per heavy atom. The van der Waals surface area contributed by atoms with Gasteiger partial charge in [0.2, 0.25) is 5.91 Å². The number of carbonyl (C=O) groups excluding carboxylic acids is 1. The Hall–Kier alpha value is -1.53. The summed E-state index contributed by atoms with van der Waals surface area (Å²) in [6.45, 7) is 1.78. The summed E-state index contributed by atoms with van der Waals surface area (Å²) < 4.78 is 12.5. The van der Waals surface area contributed by atoms with Crippen LogP contribution >= 0.6 is 27.3 Å². The van der Waals surface area contributed by atoms with Crippen molar-refractivity contribution in [2.24, 2.45) is 0 Å². The molecule has 6 heteroatoms. The van der Waals surface area contributed by atoms with Crippen LogP contribution in [0.3, 0.4) is 0 Å². The highest BCUT2D eigenvalue weighted by Crippen LogP contribution is 2.45. The van der Waals surface area contributed by atoms with Crippen LogP contribution in [-0.4, -0.2) is 31.1 Å². The van der Waals surface area contributed by atoms with Gasteiger partial charge in [-0.25, -0.2) is 0 Å². The Kier molecular flexibility index (Phi) is 4.97. The summed E-state index contributed by atoms with van der Waals surface area (Å²) in [4.78, 5) is 16.6. The standard InChI is InChI=1S/C20H22BrNO3S/c1-22(12-16-11-15(21)13-26-16)19(23)20(6-2-3-7-20)14-4-5-17-18(10-14)25-9-8-24-17/h4-5,10-11,13H,2-3,6-9,12H2,1H3. The number of ether oxygens (including phenoxy) is 2. The van der Waals surface area contributed by atoms with E-state index in [2.05, 4.69) is 27.4 Å². The number of likely N-dealkylation sites (N-methyl/N-ethyl adjacent to an activating group) is 1. The van der Waals surface area contributed by atoms with E-state index in [1.807, 2.05) is 30.1 Å². The molecule has 0 bridgehead atoms. The van der Waals surface area contributed by atoms with E-state index in [9.17, 15) is 4.79 Å². The topological polar surface area (TPSA) is 38.8 Å². The summed E-state index contributed by atoms with van der Waals surface area (Å²) in [7, 11) is 1.91. The van der Waals surface area contributed by atoms with Crippen molar-refractivity contribution in [3.63, 3.8) is 0 Å². The number of benzene rings is 1. The van der Waals surface area contributed by atoms with Crippen LogP contribution in [0.15, 0.2) is 34.1 Å². The molecule has 0 spiro atoms. The smallest absolute Gasteiger partial charge is 0.233 e. The third-order valence-corrected chi connectivity index (χ3v) is 7.01. The molecule has 1 aliphatic carbocycles. The average molecular weight is 436 g/mol.